The standard InChI is InChI=1S/C26H32N2O6/c1-3-5-8-17-33-26(32)20-11-13-21(14-12-20)27-23(29)15-16-25(31)34-18-24(30)28-22-10-7-6-9-19(22)4-2/h6-7,9-14H,3-5,8,15-18H2,1-2H3,(H,27,29)(H,28,30). The van der Waals surface area contributed by atoms with Crippen LogP contribution in [0.5, 0.6) is 0 Å². The molecule has 2 rings (SSSR count). The summed E-state index contributed by atoms with van der Waals surface area (Å²) in [5.74, 6) is -1.87. The van der Waals surface area contributed by atoms with Gasteiger partial charge >= 0.3 is 11.9 Å². The van der Waals surface area contributed by atoms with Crippen molar-refractivity contribution in [2.24, 2.45) is 0 Å². The molecule has 0 spiro atoms. The van der Waals surface area contributed by atoms with Gasteiger partial charge in [0.1, 0.15) is 0 Å². The molecule has 0 saturated heterocycles. The number of carbonyl (C=O) groups is 4. The van der Waals surface area contributed by atoms with Gasteiger partial charge in [0.15, 0.2) is 6.61 Å². The van der Waals surface area contributed by atoms with Crippen LogP contribution in [0, 0.1) is 0 Å². The van der Waals surface area contributed by atoms with Gasteiger partial charge in [0.2, 0.25) is 5.91 Å². The fourth-order valence-corrected chi connectivity index (χ4v) is 3.08. The Kier molecular flexibility index (Phi) is 11.3. The van der Waals surface area contributed by atoms with E-state index in [1.54, 1.807) is 30.3 Å². The number of carbonyl (C=O) groups excluding carboxylic acids is 4. The molecule has 182 valence electrons. The molecule has 0 aromatic heterocycles. The maximum atomic E-state index is 12.1. The predicted molar refractivity (Wildman–Crippen MR) is 130 cm³/mol. The van der Waals surface area contributed by atoms with E-state index >= 15 is 0 Å². The van der Waals surface area contributed by atoms with E-state index in [1.165, 1.54) is 0 Å². The number of ether oxygens (including phenoxy) is 2. The highest BCUT2D eigenvalue weighted by Crippen LogP contribution is 2.15. The highest BCUT2D eigenvalue weighted by Gasteiger charge is 2.12. The molecule has 0 aliphatic rings. The van der Waals surface area contributed by atoms with E-state index < -0.39 is 24.5 Å². The van der Waals surface area contributed by atoms with Crippen LogP contribution in [0.2, 0.25) is 0 Å². The molecule has 8 nitrogen and oxygen atoms in total. The summed E-state index contributed by atoms with van der Waals surface area (Å²) in [6.07, 6.45) is 3.39. The molecule has 2 N–H and O–H groups in total. The van der Waals surface area contributed by atoms with Crippen molar-refractivity contribution in [2.45, 2.75) is 52.4 Å². The maximum Gasteiger partial charge on any atom is 0.338 e. The molecule has 2 aromatic carbocycles. The van der Waals surface area contributed by atoms with Gasteiger partial charge in [0, 0.05) is 17.8 Å². The normalized spacial score (nSPS) is 10.3. The number of aryl methyl sites for hydroxylation is 1. The number of unbranched alkanes of at least 4 members (excludes halogenated alkanes) is 2. The van der Waals surface area contributed by atoms with Crippen LogP contribution in [0.4, 0.5) is 11.4 Å². The molecule has 0 atom stereocenters. The Labute approximate surface area is 200 Å². The Morgan fingerprint density at radius 3 is 2.24 bits per heavy atom. The lowest BCUT2D eigenvalue weighted by Crippen LogP contribution is -2.22. The summed E-state index contributed by atoms with van der Waals surface area (Å²) >= 11 is 0. The zero-order valence-electron chi connectivity index (χ0n) is 19.7. The van der Waals surface area contributed by atoms with Crippen LogP contribution in [-0.2, 0) is 30.3 Å². The Balaban J connectivity index is 1.68. The fourth-order valence-electron chi connectivity index (χ4n) is 3.08. The van der Waals surface area contributed by atoms with E-state index in [1.807, 2.05) is 25.1 Å². The highest BCUT2D eigenvalue weighted by molar-refractivity contribution is 5.95. The largest absolute Gasteiger partial charge is 0.462 e. The van der Waals surface area contributed by atoms with Crippen LogP contribution in [0.1, 0.15) is 61.9 Å². The quantitative estimate of drug-likeness (QED) is 0.331. The Bertz CT molecular complexity index is 972. The van der Waals surface area contributed by atoms with Crippen molar-refractivity contribution >= 4 is 35.1 Å². The van der Waals surface area contributed by atoms with Crippen LogP contribution in [-0.4, -0.2) is 37.0 Å². The molecule has 0 saturated carbocycles. The number of amides is 2. The van der Waals surface area contributed by atoms with Crippen LogP contribution >= 0.6 is 0 Å². The number of rotatable bonds is 13. The number of para-hydroxylation sites is 1. The first kappa shape index (κ1) is 26.6. The molecule has 0 fully saturated rings. The van der Waals surface area contributed by atoms with E-state index in [0.29, 0.717) is 23.5 Å². The molecular formula is C26H32N2O6. The SMILES string of the molecule is CCCCCOC(=O)c1ccc(NC(=O)CCC(=O)OCC(=O)Nc2ccccc2CC)cc1. The summed E-state index contributed by atoms with van der Waals surface area (Å²) in [5.41, 5.74) is 2.56. The molecule has 0 radical (unpaired) electrons. The first-order chi connectivity index (χ1) is 16.4. The molecule has 2 aromatic rings. The van der Waals surface area contributed by atoms with Gasteiger partial charge in [0.05, 0.1) is 18.6 Å². The number of benzene rings is 2. The van der Waals surface area contributed by atoms with Gasteiger partial charge in [-0.2, -0.15) is 0 Å². The van der Waals surface area contributed by atoms with Crippen molar-refractivity contribution < 1.29 is 28.7 Å². The Morgan fingerprint density at radius 1 is 0.794 bits per heavy atom. The molecule has 0 aliphatic carbocycles. The maximum absolute atomic E-state index is 12.1. The van der Waals surface area contributed by atoms with Crippen molar-refractivity contribution in [2.75, 3.05) is 23.8 Å². The number of anilines is 2. The summed E-state index contributed by atoms with van der Waals surface area (Å²) < 4.78 is 10.2. The third-order valence-electron chi connectivity index (χ3n) is 4.98. The molecule has 8 heteroatoms. The minimum Gasteiger partial charge on any atom is -0.462 e. The number of nitrogens with one attached hydrogen (secondary N) is 2. The van der Waals surface area contributed by atoms with Gasteiger partial charge < -0.3 is 20.1 Å². The Hall–Kier alpha value is -3.68. The summed E-state index contributed by atoms with van der Waals surface area (Å²) in [6, 6.07) is 13.7. The van der Waals surface area contributed by atoms with Crippen molar-refractivity contribution in [3.8, 4) is 0 Å². The van der Waals surface area contributed by atoms with E-state index in [9.17, 15) is 19.2 Å². The predicted octanol–water partition coefficient (Wildman–Crippen LogP) is 4.50. The van der Waals surface area contributed by atoms with Crippen molar-refractivity contribution in [3.05, 3.63) is 59.7 Å². The van der Waals surface area contributed by atoms with Crippen LogP contribution in [0.15, 0.2) is 48.5 Å². The zero-order valence-corrected chi connectivity index (χ0v) is 19.7. The van der Waals surface area contributed by atoms with Crippen LogP contribution in [0.25, 0.3) is 0 Å². The lowest BCUT2D eigenvalue weighted by molar-refractivity contribution is -0.147. The monoisotopic (exact) mass is 468 g/mol. The van der Waals surface area contributed by atoms with E-state index in [0.717, 1.165) is 31.2 Å². The average molecular weight is 469 g/mol. The molecule has 2 amide bonds. The minimum absolute atomic E-state index is 0.0969. The summed E-state index contributed by atoms with van der Waals surface area (Å²) in [6.45, 7) is 4.02. The zero-order chi connectivity index (χ0) is 24.8. The van der Waals surface area contributed by atoms with Gasteiger partial charge in [-0.15, -0.1) is 0 Å². The van der Waals surface area contributed by atoms with Gasteiger partial charge in [-0.05, 0) is 48.7 Å². The van der Waals surface area contributed by atoms with Gasteiger partial charge in [-0.3, -0.25) is 14.4 Å². The lowest BCUT2D eigenvalue weighted by atomic mass is 10.1. The third kappa shape index (κ3) is 9.44. The lowest BCUT2D eigenvalue weighted by Gasteiger charge is -2.10. The highest BCUT2D eigenvalue weighted by atomic mass is 16.5. The van der Waals surface area contributed by atoms with Crippen molar-refractivity contribution in [1.82, 2.24) is 0 Å². The topological polar surface area (TPSA) is 111 Å². The summed E-state index contributed by atoms with van der Waals surface area (Å²) in [7, 11) is 0. The van der Waals surface area contributed by atoms with Crippen molar-refractivity contribution in [3.63, 3.8) is 0 Å². The molecule has 0 heterocycles. The first-order valence-corrected chi connectivity index (χ1v) is 11.5. The molecule has 0 bridgehead atoms. The molecular weight excluding hydrogens is 436 g/mol. The van der Waals surface area contributed by atoms with E-state index in [4.69, 9.17) is 9.47 Å². The van der Waals surface area contributed by atoms with Crippen LogP contribution in [0.3, 0.4) is 0 Å². The summed E-state index contributed by atoms with van der Waals surface area (Å²) in [5, 5.41) is 5.37. The second-order valence-electron chi connectivity index (χ2n) is 7.69. The second-order valence-corrected chi connectivity index (χ2v) is 7.69. The van der Waals surface area contributed by atoms with Gasteiger partial charge in [0.25, 0.3) is 5.91 Å². The second kappa shape index (κ2) is 14.5. The number of hydrogen-bond acceptors (Lipinski definition) is 6. The van der Waals surface area contributed by atoms with Gasteiger partial charge in [-0.1, -0.05) is 44.9 Å². The fraction of sp³-hybridized carbons (Fsp3) is 0.385. The molecule has 0 aliphatic heterocycles. The first-order valence-electron chi connectivity index (χ1n) is 11.5. The smallest absolute Gasteiger partial charge is 0.338 e. The van der Waals surface area contributed by atoms with Gasteiger partial charge in [-0.25, -0.2) is 4.79 Å². The Morgan fingerprint density at radius 2 is 1.53 bits per heavy atom. The van der Waals surface area contributed by atoms with Crippen molar-refractivity contribution in [1.29, 1.82) is 0 Å². The number of hydrogen-bond donors (Lipinski definition) is 2. The van der Waals surface area contributed by atoms with Crippen LogP contribution < -0.4 is 10.6 Å². The number of esters is 2. The average Bonchev–Trinajstić information content (AvgIpc) is 2.84. The summed E-state index contributed by atoms with van der Waals surface area (Å²) in [4.78, 5) is 48.0. The van der Waals surface area contributed by atoms with E-state index in [2.05, 4.69) is 17.6 Å². The molecule has 0 unspecified atom stereocenters. The molecule has 34 heavy (non-hydrogen) atoms. The van der Waals surface area contributed by atoms with E-state index in [-0.39, 0.29) is 18.7 Å². The minimum atomic E-state index is -0.643. The third-order valence-corrected chi connectivity index (χ3v) is 4.98.